The number of rotatable bonds is 5. The van der Waals surface area contributed by atoms with E-state index >= 15 is 0 Å². The first-order chi connectivity index (χ1) is 11.4. The molecule has 1 aliphatic rings. The molecule has 131 valence electrons. The van der Waals surface area contributed by atoms with E-state index in [9.17, 15) is 13.6 Å². The van der Waals surface area contributed by atoms with Crippen molar-refractivity contribution in [2.24, 2.45) is 0 Å². The van der Waals surface area contributed by atoms with Crippen LogP contribution in [0.2, 0.25) is 0 Å². The number of ether oxygens (including phenoxy) is 1. The van der Waals surface area contributed by atoms with Crippen molar-refractivity contribution in [3.63, 3.8) is 0 Å². The monoisotopic (exact) mass is 533 g/mol. The molecule has 2 rings (SSSR count). The minimum atomic E-state index is -2.59. The maximum absolute atomic E-state index is 12.9. The smallest absolute Gasteiger partial charge is 0.256 e. The molecule has 0 aromatic heterocycles. The average Bonchev–Trinajstić information content (AvgIpc) is 2.53. The van der Waals surface area contributed by atoms with Gasteiger partial charge in [0.2, 0.25) is 5.91 Å². The largest absolute Gasteiger partial charge is 0.481 e. The van der Waals surface area contributed by atoms with Gasteiger partial charge in [0.05, 0.1) is 10.5 Å². The number of allylic oxidation sites excluding steroid dienone is 1. The van der Waals surface area contributed by atoms with E-state index in [0.717, 1.165) is 10.5 Å². The van der Waals surface area contributed by atoms with Gasteiger partial charge in [-0.2, -0.15) is 0 Å². The quantitative estimate of drug-likeness (QED) is 0.250. The third-order valence-electron chi connectivity index (χ3n) is 3.51. The predicted molar refractivity (Wildman–Crippen MR) is 96.9 cm³/mol. The molecule has 1 atom stereocenters. The molecule has 0 fully saturated rings. The Morgan fingerprint density at radius 2 is 2.20 bits per heavy atom. The normalized spacial score (nSPS) is 16.7. The Morgan fingerprint density at radius 1 is 1.48 bits per heavy atom. The summed E-state index contributed by atoms with van der Waals surface area (Å²) in [7, 11) is 0. The molecule has 1 unspecified atom stereocenters. The van der Waals surface area contributed by atoms with Gasteiger partial charge in [-0.3, -0.25) is 4.79 Å². The summed E-state index contributed by atoms with van der Waals surface area (Å²) >= 11 is 1.96. The fraction of sp³-hybridized carbons (Fsp3) is 0.389. The Balaban J connectivity index is 0.00000312. The molecule has 0 bridgehead atoms. The maximum Gasteiger partial charge on any atom is 0.256 e. The number of alkyl halides is 3. The van der Waals surface area contributed by atoms with Gasteiger partial charge in [0.15, 0.2) is 0 Å². The first kappa shape index (κ1) is 22.5. The van der Waals surface area contributed by atoms with Crippen molar-refractivity contribution in [2.75, 3.05) is 13.2 Å². The van der Waals surface area contributed by atoms with E-state index in [1.807, 2.05) is 35.6 Å². The summed E-state index contributed by atoms with van der Waals surface area (Å²) in [5, 5.41) is 0. The summed E-state index contributed by atoms with van der Waals surface area (Å²) in [6.45, 7) is 3.25. The number of benzene rings is 1. The van der Waals surface area contributed by atoms with Crippen molar-refractivity contribution >= 4 is 34.2 Å². The van der Waals surface area contributed by atoms with Gasteiger partial charge in [-0.1, -0.05) is 41.9 Å². The van der Waals surface area contributed by atoms with Gasteiger partial charge in [-0.15, -0.1) is 28.8 Å². The van der Waals surface area contributed by atoms with Crippen LogP contribution < -0.4 is 4.74 Å². The standard InChI is InChI=1S/C18H17F2INO2.Y/c1-3-4-9-24-13-5-6-14(12(2)10-13)16-8-7-15(21)18(23)22(16)11-17(19)20;/h5-6,10,15,17H,7,9,11H2,1-2H3;/q-1;. The third kappa shape index (κ3) is 6.01. The van der Waals surface area contributed by atoms with Gasteiger partial charge in [0.1, 0.15) is 12.4 Å². The molecule has 25 heavy (non-hydrogen) atoms. The molecule has 0 aliphatic carbocycles. The van der Waals surface area contributed by atoms with Gasteiger partial charge < -0.3 is 9.64 Å². The molecule has 0 saturated carbocycles. The zero-order valence-electron chi connectivity index (χ0n) is 14.0. The molecule has 1 radical (unpaired) electrons. The van der Waals surface area contributed by atoms with E-state index in [1.165, 1.54) is 0 Å². The van der Waals surface area contributed by atoms with E-state index in [-0.39, 0.29) is 49.1 Å². The zero-order valence-corrected chi connectivity index (χ0v) is 19.0. The number of aryl methyl sites for hydroxylation is 1. The Morgan fingerprint density at radius 3 is 2.80 bits per heavy atom. The molecule has 1 aromatic carbocycles. The van der Waals surface area contributed by atoms with Crippen molar-refractivity contribution in [3.05, 3.63) is 35.4 Å². The molecule has 0 N–H and O–H groups in total. The number of amides is 1. The van der Waals surface area contributed by atoms with Crippen LogP contribution in [0.3, 0.4) is 0 Å². The van der Waals surface area contributed by atoms with Crippen molar-refractivity contribution < 1.29 is 51.0 Å². The SMILES string of the molecule is CC#CCOc1ccc(C2=[C-]CC(I)C(=O)N2CC(F)F)c(C)c1.[Y]. The molecular weight excluding hydrogens is 516 g/mol. The van der Waals surface area contributed by atoms with Crippen molar-refractivity contribution in [3.8, 4) is 17.6 Å². The molecular formula is C18H17F2INO2Y-. The topological polar surface area (TPSA) is 29.5 Å². The van der Waals surface area contributed by atoms with E-state index in [0.29, 0.717) is 23.4 Å². The van der Waals surface area contributed by atoms with Crippen molar-refractivity contribution in [1.29, 1.82) is 0 Å². The van der Waals surface area contributed by atoms with Crippen molar-refractivity contribution in [2.45, 2.75) is 30.6 Å². The first-order valence-electron chi connectivity index (χ1n) is 7.42. The second-order valence-electron chi connectivity index (χ2n) is 5.23. The van der Waals surface area contributed by atoms with E-state index in [2.05, 4.69) is 17.9 Å². The van der Waals surface area contributed by atoms with Crippen LogP contribution in [0.5, 0.6) is 5.75 Å². The van der Waals surface area contributed by atoms with Gasteiger partial charge in [-0.25, -0.2) is 14.9 Å². The molecule has 1 heterocycles. The first-order valence-corrected chi connectivity index (χ1v) is 8.66. The Labute approximate surface area is 185 Å². The van der Waals surface area contributed by atoms with Crippen LogP contribution in [0.25, 0.3) is 5.70 Å². The van der Waals surface area contributed by atoms with Crippen LogP contribution in [-0.2, 0) is 37.5 Å². The number of hydrogen-bond acceptors (Lipinski definition) is 2. The predicted octanol–water partition coefficient (Wildman–Crippen LogP) is 3.84. The minimum absolute atomic E-state index is 0. The van der Waals surface area contributed by atoms with Crippen LogP contribution in [0, 0.1) is 24.8 Å². The summed E-state index contributed by atoms with van der Waals surface area (Å²) in [6.07, 6.45) is 0.922. The second kappa shape index (κ2) is 10.6. The number of carbonyl (C=O) groups is 1. The molecule has 1 amide bonds. The number of carbonyl (C=O) groups excluding carboxylic acids is 1. The van der Waals surface area contributed by atoms with Crippen LogP contribution in [-0.4, -0.2) is 34.3 Å². The van der Waals surface area contributed by atoms with Crippen LogP contribution in [0.15, 0.2) is 18.2 Å². The fourth-order valence-corrected chi connectivity index (χ4v) is 2.95. The van der Waals surface area contributed by atoms with Crippen LogP contribution in [0.4, 0.5) is 8.78 Å². The summed E-state index contributed by atoms with van der Waals surface area (Å²) in [5.41, 5.74) is 1.96. The summed E-state index contributed by atoms with van der Waals surface area (Å²) < 4.78 is 30.9. The van der Waals surface area contributed by atoms with E-state index in [4.69, 9.17) is 4.74 Å². The molecule has 1 aliphatic heterocycles. The van der Waals surface area contributed by atoms with E-state index < -0.39 is 13.0 Å². The van der Waals surface area contributed by atoms with Gasteiger partial charge in [0, 0.05) is 32.7 Å². The third-order valence-corrected chi connectivity index (χ3v) is 4.49. The van der Waals surface area contributed by atoms with Gasteiger partial charge in [-0.05, 0) is 19.1 Å². The fourth-order valence-electron chi connectivity index (χ4n) is 2.39. The second-order valence-corrected chi connectivity index (χ2v) is 6.73. The van der Waals surface area contributed by atoms with Crippen molar-refractivity contribution in [1.82, 2.24) is 4.90 Å². The summed E-state index contributed by atoms with van der Waals surface area (Å²) in [6, 6.07) is 5.32. The Hall–Kier alpha value is -0.516. The summed E-state index contributed by atoms with van der Waals surface area (Å²) in [5.74, 6) is 5.89. The molecule has 0 saturated heterocycles. The Kier molecular flexibility index (Phi) is 9.54. The molecule has 1 aromatic rings. The maximum atomic E-state index is 12.9. The molecule has 3 nitrogen and oxygen atoms in total. The van der Waals surface area contributed by atoms with Crippen LogP contribution >= 0.6 is 22.6 Å². The minimum Gasteiger partial charge on any atom is -0.481 e. The zero-order chi connectivity index (χ0) is 17.7. The summed E-state index contributed by atoms with van der Waals surface area (Å²) in [4.78, 5) is 13.4. The van der Waals surface area contributed by atoms with Gasteiger partial charge >= 0.3 is 0 Å². The average molecular weight is 533 g/mol. The van der Waals surface area contributed by atoms with E-state index in [1.54, 1.807) is 19.1 Å². The number of nitrogens with zero attached hydrogens (tertiary/aromatic N) is 1. The van der Waals surface area contributed by atoms with Crippen LogP contribution in [0.1, 0.15) is 24.5 Å². The number of hydrogen-bond donors (Lipinski definition) is 0. The van der Waals surface area contributed by atoms with Gasteiger partial charge in [0.25, 0.3) is 6.43 Å². The number of halogens is 3. The molecule has 7 heteroatoms. The molecule has 0 spiro atoms. The Bertz CT molecular complexity index is 713.